The first kappa shape index (κ1) is 14.8. The van der Waals surface area contributed by atoms with Crippen molar-refractivity contribution in [1.82, 2.24) is 0 Å². The number of nitrogens with two attached hydrogens (primary N) is 1. The van der Waals surface area contributed by atoms with Gasteiger partial charge in [0.2, 0.25) is 5.76 Å². The van der Waals surface area contributed by atoms with Crippen LogP contribution >= 0.6 is 0 Å². The van der Waals surface area contributed by atoms with Gasteiger partial charge in [0, 0.05) is 10.9 Å². The zero-order chi connectivity index (χ0) is 16.6. The van der Waals surface area contributed by atoms with Gasteiger partial charge in [0.1, 0.15) is 17.1 Å². The van der Waals surface area contributed by atoms with Crippen LogP contribution in [0.25, 0.3) is 11.0 Å². The highest BCUT2D eigenvalue weighted by molar-refractivity contribution is 6.14. The summed E-state index contributed by atoms with van der Waals surface area (Å²) in [6, 6.07) is 10.5. The number of benzene rings is 2. The van der Waals surface area contributed by atoms with Crippen LogP contribution in [0.3, 0.4) is 0 Å². The van der Waals surface area contributed by atoms with Crippen molar-refractivity contribution in [3.05, 3.63) is 65.2 Å². The van der Waals surface area contributed by atoms with E-state index < -0.39 is 17.6 Å². The number of hydrogen-bond donors (Lipinski definition) is 2. The van der Waals surface area contributed by atoms with Crippen molar-refractivity contribution in [2.75, 3.05) is 5.32 Å². The topological polar surface area (TPSA) is 85.3 Å². The molecule has 3 N–H and O–H groups in total. The first-order valence-corrected chi connectivity index (χ1v) is 6.85. The number of nitrogens with one attached hydrogen (secondary N) is 1. The number of carbonyl (C=O) groups excluding carboxylic acids is 2. The quantitative estimate of drug-likeness (QED) is 0.778. The Kier molecular flexibility index (Phi) is 3.57. The molecule has 0 saturated carbocycles. The van der Waals surface area contributed by atoms with E-state index in [9.17, 15) is 14.0 Å². The van der Waals surface area contributed by atoms with Crippen LogP contribution in [-0.4, -0.2) is 11.8 Å². The van der Waals surface area contributed by atoms with Crippen LogP contribution in [0.5, 0.6) is 0 Å². The van der Waals surface area contributed by atoms with Crippen LogP contribution in [0.2, 0.25) is 0 Å². The SMILES string of the molecule is Cc1ccc2c(NC(=O)c3cccc(F)c3)c(C(N)=O)oc2c1. The van der Waals surface area contributed by atoms with Crippen LogP contribution in [0.1, 0.15) is 26.5 Å². The van der Waals surface area contributed by atoms with Gasteiger partial charge in [-0.15, -0.1) is 0 Å². The molecule has 1 heterocycles. The lowest BCUT2D eigenvalue weighted by Crippen LogP contribution is -2.17. The molecule has 0 aliphatic heterocycles. The van der Waals surface area contributed by atoms with Crippen LogP contribution in [0.4, 0.5) is 10.1 Å². The number of furan rings is 1. The van der Waals surface area contributed by atoms with Crippen LogP contribution in [-0.2, 0) is 0 Å². The summed E-state index contributed by atoms with van der Waals surface area (Å²) in [4.78, 5) is 23.8. The maximum Gasteiger partial charge on any atom is 0.286 e. The van der Waals surface area contributed by atoms with E-state index in [0.29, 0.717) is 11.0 Å². The van der Waals surface area contributed by atoms with Crippen LogP contribution in [0, 0.1) is 12.7 Å². The molecule has 116 valence electrons. The first-order chi connectivity index (χ1) is 11.0. The summed E-state index contributed by atoms with van der Waals surface area (Å²) in [5.41, 5.74) is 6.99. The number of fused-ring (bicyclic) bond motifs is 1. The Bertz CT molecular complexity index is 931. The van der Waals surface area contributed by atoms with Gasteiger partial charge in [0.15, 0.2) is 0 Å². The molecule has 3 aromatic rings. The summed E-state index contributed by atoms with van der Waals surface area (Å²) in [6.07, 6.45) is 0. The van der Waals surface area contributed by atoms with Gasteiger partial charge in [-0.05, 0) is 42.8 Å². The first-order valence-electron chi connectivity index (χ1n) is 6.85. The molecule has 0 fully saturated rings. The molecule has 0 radical (unpaired) electrons. The lowest BCUT2D eigenvalue weighted by molar-refractivity contribution is 0.0977. The molecule has 2 amide bonds. The van der Waals surface area contributed by atoms with Crippen molar-refractivity contribution < 1.29 is 18.4 Å². The zero-order valence-corrected chi connectivity index (χ0v) is 12.2. The van der Waals surface area contributed by atoms with Gasteiger partial charge in [-0.2, -0.15) is 0 Å². The predicted octanol–water partition coefficient (Wildman–Crippen LogP) is 3.23. The van der Waals surface area contributed by atoms with Crippen molar-refractivity contribution in [3.63, 3.8) is 0 Å². The van der Waals surface area contributed by atoms with E-state index in [2.05, 4.69) is 5.32 Å². The minimum atomic E-state index is -0.798. The van der Waals surface area contributed by atoms with Gasteiger partial charge >= 0.3 is 0 Å². The monoisotopic (exact) mass is 312 g/mol. The second-order valence-electron chi connectivity index (χ2n) is 5.13. The van der Waals surface area contributed by atoms with Gasteiger partial charge < -0.3 is 15.5 Å². The van der Waals surface area contributed by atoms with E-state index in [1.54, 1.807) is 12.1 Å². The second kappa shape index (κ2) is 5.57. The molecule has 1 aromatic heterocycles. The molecule has 0 unspecified atom stereocenters. The predicted molar refractivity (Wildman–Crippen MR) is 83.8 cm³/mol. The summed E-state index contributed by atoms with van der Waals surface area (Å²) in [7, 11) is 0. The Morgan fingerprint density at radius 3 is 2.65 bits per heavy atom. The van der Waals surface area contributed by atoms with Crippen LogP contribution in [0.15, 0.2) is 46.9 Å². The highest BCUT2D eigenvalue weighted by Crippen LogP contribution is 2.31. The van der Waals surface area contributed by atoms with E-state index in [4.69, 9.17) is 10.2 Å². The van der Waals surface area contributed by atoms with E-state index in [1.807, 2.05) is 13.0 Å². The molecule has 0 bridgehead atoms. The van der Waals surface area contributed by atoms with Gasteiger partial charge in [-0.1, -0.05) is 12.1 Å². The molecule has 5 nitrogen and oxygen atoms in total. The third-order valence-electron chi connectivity index (χ3n) is 3.39. The number of halogens is 1. The summed E-state index contributed by atoms with van der Waals surface area (Å²) in [5, 5.41) is 3.13. The molecular weight excluding hydrogens is 299 g/mol. The fourth-order valence-electron chi connectivity index (χ4n) is 2.32. The van der Waals surface area contributed by atoms with Crippen molar-refractivity contribution in [3.8, 4) is 0 Å². The van der Waals surface area contributed by atoms with Gasteiger partial charge in [-0.25, -0.2) is 4.39 Å². The number of rotatable bonds is 3. The summed E-state index contributed by atoms with van der Waals surface area (Å²) < 4.78 is 18.7. The van der Waals surface area contributed by atoms with Crippen molar-refractivity contribution in [2.45, 2.75) is 6.92 Å². The van der Waals surface area contributed by atoms with E-state index in [1.165, 1.54) is 18.2 Å². The van der Waals surface area contributed by atoms with E-state index in [0.717, 1.165) is 11.6 Å². The number of anilines is 1. The highest BCUT2D eigenvalue weighted by atomic mass is 19.1. The molecule has 0 atom stereocenters. The lowest BCUT2D eigenvalue weighted by atomic mass is 10.1. The number of carbonyl (C=O) groups is 2. The molecule has 0 aliphatic carbocycles. The highest BCUT2D eigenvalue weighted by Gasteiger charge is 2.21. The Hall–Kier alpha value is -3.15. The smallest absolute Gasteiger partial charge is 0.286 e. The zero-order valence-electron chi connectivity index (χ0n) is 12.2. The largest absolute Gasteiger partial charge is 0.449 e. The Balaban J connectivity index is 2.06. The molecule has 23 heavy (non-hydrogen) atoms. The number of aryl methyl sites for hydroxylation is 1. The van der Waals surface area contributed by atoms with Crippen molar-refractivity contribution in [2.24, 2.45) is 5.73 Å². The fourth-order valence-corrected chi connectivity index (χ4v) is 2.32. The summed E-state index contributed by atoms with van der Waals surface area (Å²) in [5.74, 6) is -2.03. The lowest BCUT2D eigenvalue weighted by Gasteiger charge is -2.05. The van der Waals surface area contributed by atoms with Gasteiger partial charge in [0.05, 0.1) is 0 Å². The molecule has 0 spiro atoms. The number of amides is 2. The molecular formula is C17H13FN2O3. The Labute approximate surface area is 130 Å². The third-order valence-corrected chi connectivity index (χ3v) is 3.39. The molecule has 3 rings (SSSR count). The molecule has 0 aliphatic rings. The molecule has 2 aromatic carbocycles. The minimum absolute atomic E-state index is 0.127. The maximum atomic E-state index is 13.2. The Morgan fingerprint density at radius 2 is 1.96 bits per heavy atom. The van der Waals surface area contributed by atoms with Gasteiger partial charge in [0.25, 0.3) is 11.8 Å². The van der Waals surface area contributed by atoms with E-state index in [-0.39, 0.29) is 17.0 Å². The average molecular weight is 312 g/mol. The second-order valence-corrected chi connectivity index (χ2v) is 5.13. The minimum Gasteiger partial charge on any atom is -0.449 e. The van der Waals surface area contributed by atoms with Gasteiger partial charge in [-0.3, -0.25) is 9.59 Å². The number of hydrogen-bond acceptors (Lipinski definition) is 3. The van der Waals surface area contributed by atoms with Crippen molar-refractivity contribution >= 4 is 28.5 Å². The molecule has 6 heteroatoms. The maximum absolute atomic E-state index is 13.2. The summed E-state index contributed by atoms with van der Waals surface area (Å²) >= 11 is 0. The van der Waals surface area contributed by atoms with Crippen LogP contribution < -0.4 is 11.1 Å². The average Bonchev–Trinajstić information content (AvgIpc) is 2.85. The van der Waals surface area contributed by atoms with E-state index >= 15 is 0 Å². The standard InChI is InChI=1S/C17H13FN2O3/c1-9-5-6-12-13(7-9)23-15(16(19)21)14(12)20-17(22)10-3-2-4-11(18)8-10/h2-8H,1H3,(H2,19,21)(H,20,22). The summed E-state index contributed by atoms with van der Waals surface area (Å²) in [6.45, 7) is 1.87. The van der Waals surface area contributed by atoms with Crippen molar-refractivity contribution in [1.29, 1.82) is 0 Å². The fraction of sp³-hybridized carbons (Fsp3) is 0.0588. The number of primary amides is 1. The molecule has 0 saturated heterocycles. The Morgan fingerprint density at radius 1 is 1.17 bits per heavy atom. The normalized spacial score (nSPS) is 10.7. The third kappa shape index (κ3) is 2.78.